The van der Waals surface area contributed by atoms with Gasteiger partial charge in [-0.1, -0.05) is 0 Å². The van der Waals surface area contributed by atoms with Crippen molar-refractivity contribution in [1.29, 1.82) is 0 Å². The van der Waals surface area contributed by atoms with E-state index >= 15 is 0 Å². The molecule has 1 aliphatic carbocycles. The van der Waals surface area contributed by atoms with Crippen molar-refractivity contribution in [3.05, 3.63) is 22.2 Å². The molecule has 6 heteroatoms. The van der Waals surface area contributed by atoms with E-state index in [1.54, 1.807) is 24.8 Å². The zero-order chi connectivity index (χ0) is 13.9. The van der Waals surface area contributed by atoms with Gasteiger partial charge < -0.3 is 4.90 Å². The number of hydrogen-bond acceptors (Lipinski definition) is 3. The lowest BCUT2D eigenvalue weighted by atomic mass is 9.88. The van der Waals surface area contributed by atoms with Crippen molar-refractivity contribution < 1.29 is 14.0 Å². The van der Waals surface area contributed by atoms with E-state index < -0.39 is 11.4 Å². The highest BCUT2D eigenvalue weighted by atomic mass is 79.9. The van der Waals surface area contributed by atoms with Crippen LogP contribution in [0.5, 0.6) is 0 Å². The van der Waals surface area contributed by atoms with Crippen LogP contribution in [0.15, 0.2) is 10.5 Å². The molecular formula is C13H12BrFN2O2. The number of anilines is 1. The van der Waals surface area contributed by atoms with Gasteiger partial charge in [-0.15, -0.1) is 0 Å². The summed E-state index contributed by atoms with van der Waals surface area (Å²) in [7, 11) is 0. The van der Waals surface area contributed by atoms with Gasteiger partial charge in [-0.3, -0.25) is 9.59 Å². The highest BCUT2D eigenvalue weighted by Crippen LogP contribution is 2.45. The van der Waals surface area contributed by atoms with Gasteiger partial charge >= 0.3 is 0 Å². The van der Waals surface area contributed by atoms with Crippen LogP contribution in [-0.4, -0.2) is 22.7 Å². The smallest absolute Gasteiger partial charge is 0.239 e. The van der Waals surface area contributed by atoms with Gasteiger partial charge in [0, 0.05) is 12.8 Å². The molecule has 0 N–H and O–H groups in total. The number of rotatable bonds is 1. The first-order valence-corrected chi connectivity index (χ1v) is 6.83. The van der Waals surface area contributed by atoms with Crippen molar-refractivity contribution in [1.82, 2.24) is 4.98 Å². The lowest BCUT2D eigenvalue weighted by Crippen LogP contribution is -2.49. The van der Waals surface area contributed by atoms with E-state index in [0.717, 1.165) is 0 Å². The Hall–Kier alpha value is -1.30. The first-order valence-electron chi connectivity index (χ1n) is 6.04. The number of pyridine rings is 1. The molecule has 0 radical (unpaired) electrons. The summed E-state index contributed by atoms with van der Waals surface area (Å²) in [5.74, 6) is -0.589. The SMILES string of the molecule is CC1(C)C(=O)N(C2CC(=O)C2)c2cc(Br)c(F)nc21. The Bertz CT molecular complexity index is 607. The topological polar surface area (TPSA) is 50.3 Å². The summed E-state index contributed by atoms with van der Waals surface area (Å²) in [4.78, 5) is 29.1. The van der Waals surface area contributed by atoms with Crippen molar-refractivity contribution >= 4 is 33.3 Å². The maximum absolute atomic E-state index is 13.6. The number of hydrogen-bond donors (Lipinski definition) is 0. The largest absolute Gasteiger partial charge is 0.306 e. The van der Waals surface area contributed by atoms with Crippen LogP contribution in [0.4, 0.5) is 10.1 Å². The third-order valence-corrected chi connectivity index (χ3v) is 4.37. The molecule has 0 atom stereocenters. The highest BCUT2D eigenvalue weighted by molar-refractivity contribution is 9.10. The van der Waals surface area contributed by atoms with E-state index in [1.807, 2.05) is 0 Å². The van der Waals surface area contributed by atoms with Crippen LogP contribution in [-0.2, 0) is 15.0 Å². The van der Waals surface area contributed by atoms with Gasteiger partial charge in [0.1, 0.15) is 5.78 Å². The fourth-order valence-electron chi connectivity index (χ4n) is 2.62. The third kappa shape index (κ3) is 1.65. The minimum Gasteiger partial charge on any atom is -0.306 e. The molecule has 4 nitrogen and oxygen atoms in total. The molecule has 19 heavy (non-hydrogen) atoms. The molecule has 0 spiro atoms. The summed E-state index contributed by atoms with van der Waals surface area (Å²) in [6, 6.07) is 1.47. The number of nitrogens with zero attached hydrogens (tertiary/aromatic N) is 2. The molecule has 1 amide bonds. The fraction of sp³-hybridized carbons (Fsp3) is 0.462. The van der Waals surface area contributed by atoms with Crippen LogP contribution in [0.1, 0.15) is 32.4 Å². The van der Waals surface area contributed by atoms with Crippen LogP contribution in [0, 0.1) is 5.95 Å². The number of ketones is 1. The van der Waals surface area contributed by atoms with Crippen LogP contribution in [0.2, 0.25) is 0 Å². The molecule has 3 rings (SSSR count). The monoisotopic (exact) mass is 326 g/mol. The average Bonchev–Trinajstić information content (AvgIpc) is 2.47. The summed E-state index contributed by atoms with van der Waals surface area (Å²) < 4.78 is 13.8. The molecule has 2 aliphatic rings. The van der Waals surface area contributed by atoms with Crippen LogP contribution < -0.4 is 4.90 Å². The van der Waals surface area contributed by atoms with Gasteiger partial charge in [0.2, 0.25) is 11.9 Å². The average molecular weight is 327 g/mol. The van der Waals surface area contributed by atoms with Crippen molar-refractivity contribution in [2.45, 2.75) is 38.1 Å². The van der Waals surface area contributed by atoms with E-state index in [2.05, 4.69) is 20.9 Å². The molecule has 1 aromatic rings. The summed E-state index contributed by atoms with van der Waals surface area (Å²) in [5, 5.41) is 0. The van der Waals surface area contributed by atoms with Crippen LogP contribution >= 0.6 is 15.9 Å². The highest BCUT2D eigenvalue weighted by Gasteiger charge is 2.50. The molecule has 0 unspecified atom stereocenters. The van der Waals surface area contributed by atoms with Crippen molar-refractivity contribution in [3.63, 3.8) is 0 Å². The second kappa shape index (κ2) is 3.85. The second-order valence-corrected chi connectivity index (χ2v) is 6.38. The van der Waals surface area contributed by atoms with Crippen LogP contribution in [0.25, 0.3) is 0 Å². The number of carbonyl (C=O) groups excluding carboxylic acids is 2. The molecule has 0 bridgehead atoms. The Labute approximate surface area is 118 Å². The van der Waals surface area contributed by atoms with E-state index in [0.29, 0.717) is 24.2 Å². The third-order valence-electron chi connectivity index (χ3n) is 3.81. The number of carbonyl (C=O) groups is 2. The number of amides is 1. The molecule has 1 aromatic heterocycles. The van der Waals surface area contributed by atoms with E-state index in [1.165, 1.54) is 0 Å². The molecule has 1 fully saturated rings. The zero-order valence-electron chi connectivity index (χ0n) is 10.5. The quantitative estimate of drug-likeness (QED) is 0.744. The number of aromatic nitrogens is 1. The standard InChI is InChI=1S/C13H12BrFN2O2/c1-13(2)10-9(5-8(14)11(15)16-10)17(12(13)19)6-3-7(18)4-6/h5-6H,3-4H2,1-2H3. The molecule has 1 aliphatic heterocycles. The molecule has 1 saturated carbocycles. The summed E-state index contributed by atoms with van der Waals surface area (Å²) in [6.07, 6.45) is 0.743. The van der Waals surface area contributed by atoms with Gasteiger partial charge in [-0.2, -0.15) is 4.39 Å². The first kappa shape index (κ1) is 12.7. The van der Waals surface area contributed by atoms with Gasteiger partial charge in [-0.25, -0.2) is 4.98 Å². The second-order valence-electron chi connectivity index (χ2n) is 5.53. The van der Waals surface area contributed by atoms with Crippen molar-refractivity contribution in [2.75, 3.05) is 4.90 Å². The molecule has 2 heterocycles. The Kier molecular flexibility index (Phi) is 2.58. The summed E-state index contributed by atoms with van der Waals surface area (Å²) in [5.41, 5.74) is 0.202. The Balaban J connectivity index is 2.13. The minimum absolute atomic E-state index is 0.111. The van der Waals surface area contributed by atoms with Gasteiger partial charge in [-0.05, 0) is 35.8 Å². The molecule has 0 saturated heterocycles. The molecule has 0 aromatic carbocycles. The van der Waals surface area contributed by atoms with Crippen molar-refractivity contribution in [2.24, 2.45) is 0 Å². The summed E-state index contributed by atoms with van der Waals surface area (Å²) in [6.45, 7) is 3.46. The van der Waals surface area contributed by atoms with E-state index in [4.69, 9.17) is 0 Å². The van der Waals surface area contributed by atoms with Crippen LogP contribution in [0.3, 0.4) is 0 Å². The maximum atomic E-state index is 13.6. The van der Waals surface area contributed by atoms with Gasteiger partial charge in [0.25, 0.3) is 0 Å². The number of halogens is 2. The Morgan fingerprint density at radius 2 is 2.05 bits per heavy atom. The molecule has 100 valence electrons. The lowest BCUT2D eigenvalue weighted by molar-refractivity contribution is -0.127. The molecular weight excluding hydrogens is 315 g/mol. The van der Waals surface area contributed by atoms with Gasteiger partial charge in [0.15, 0.2) is 0 Å². The maximum Gasteiger partial charge on any atom is 0.239 e. The Morgan fingerprint density at radius 3 is 2.63 bits per heavy atom. The predicted molar refractivity (Wildman–Crippen MR) is 70.4 cm³/mol. The predicted octanol–water partition coefficient (Wildman–Crippen LogP) is 2.34. The number of Topliss-reactive ketones (excluding diaryl/α,β-unsaturated/α-hetero) is 1. The number of fused-ring (bicyclic) bond motifs is 1. The minimum atomic E-state index is -0.852. The summed E-state index contributed by atoms with van der Waals surface area (Å²) >= 11 is 3.09. The first-order chi connectivity index (χ1) is 8.82. The van der Waals surface area contributed by atoms with E-state index in [-0.39, 0.29) is 22.2 Å². The normalized spacial score (nSPS) is 21.6. The zero-order valence-corrected chi connectivity index (χ0v) is 12.1. The van der Waals surface area contributed by atoms with Crippen molar-refractivity contribution in [3.8, 4) is 0 Å². The van der Waals surface area contributed by atoms with Gasteiger partial charge in [0.05, 0.1) is 27.3 Å². The van der Waals surface area contributed by atoms with E-state index in [9.17, 15) is 14.0 Å². The fourth-order valence-corrected chi connectivity index (χ4v) is 2.93. The Morgan fingerprint density at radius 1 is 1.42 bits per heavy atom. The lowest BCUT2D eigenvalue weighted by Gasteiger charge is -2.34.